The minimum absolute atomic E-state index is 0.691. The van der Waals surface area contributed by atoms with Crippen LogP contribution in [0.4, 0.5) is 5.82 Å². The number of nitrogens with zero attached hydrogens (tertiary/aromatic N) is 3. The minimum Gasteiger partial charge on any atom is -0.356 e. The topological polar surface area (TPSA) is 29.0 Å². The summed E-state index contributed by atoms with van der Waals surface area (Å²) in [7, 11) is 0. The molecule has 0 aromatic carbocycles. The highest BCUT2D eigenvalue weighted by Gasteiger charge is 2.03. The van der Waals surface area contributed by atoms with Crippen molar-refractivity contribution in [3.8, 4) is 0 Å². The molecule has 1 aromatic heterocycles. The van der Waals surface area contributed by atoms with Crippen molar-refractivity contribution in [2.24, 2.45) is 0 Å². The van der Waals surface area contributed by atoms with Gasteiger partial charge in [-0.1, -0.05) is 0 Å². The summed E-state index contributed by atoms with van der Waals surface area (Å²) < 4.78 is 0. The fraction of sp³-hybridized carbons (Fsp3) is 0.556. The quantitative estimate of drug-likeness (QED) is 0.679. The largest absolute Gasteiger partial charge is 0.356 e. The maximum atomic E-state index is 5.63. The SMILES string of the molecule is CCN(CCCCl)c1cnccn1. The van der Waals surface area contributed by atoms with Gasteiger partial charge in [0.05, 0.1) is 6.20 Å². The van der Waals surface area contributed by atoms with Gasteiger partial charge in [-0.15, -0.1) is 11.6 Å². The molecule has 0 radical (unpaired) electrons. The van der Waals surface area contributed by atoms with Crippen molar-refractivity contribution in [3.63, 3.8) is 0 Å². The first-order valence-electron chi connectivity index (χ1n) is 4.45. The van der Waals surface area contributed by atoms with E-state index in [1.165, 1.54) is 0 Å². The normalized spacial score (nSPS) is 10.0. The highest BCUT2D eigenvalue weighted by molar-refractivity contribution is 6.17. The Morgan fingerprint density at radius 1 is 1.46 bits per heavy atom. The summed E-state index contributed by atoms with van der Waals surface area (Å²) in [5.74, 6) is 1.62. The molecular formula is C9H14ClN3. The standard InChI is InChI=1S/C9H14ClN3/c1-2-13(7-3-4-10)9-8-11-5-6-12-9/h5-6,8H,2-4,7H2,1H3. The number of rotatable bonds is 5. The van der Waals surface area contributed by atoms with Crippen molar-refractivity contribution < 1.29 is 0 Å². The molecule has 0 aliphatic heterocycles. The Balaban J connectivity index is 2.56. The zero-order valence-corrected chi connectivity index (χ0v) is 8.54. The molecule has 4 heteroatoms. The second-order valence-corrected chi connectivity index (χ2v) is 3.06. The van der Waals surface area contributed by atoms with Gasteiger partial charge in [0.2, 0.25) is 0 Å². The Hall–Kier alpha value is -0.830. The lowest BCUT2D eigenvalue weighted by Gasteiger charge is -2.20. The molecule has 1 heterocycles. The van der Waals surface area contributed by atoms with Crippen molar-refractivity contribution in [3.05, 3.63) is 18.6 Å². The van der Waals surface area contributed by atoms with E-state index in [0.717, 1.165) is 25.3 Å². The van der Waals surface area contributed by atoms with Crippen LogP contribution in [0.1, 0.15) is 13.3 Å². The molecule has 0 amide bonds. The van der Waals surface area contributed by atoms with Crippen LogP contribution >= 0.6 is 11.6 Å². The first kappa shape index (κ1) is 10.3. The lowest BCUT2D eigenvalue weighted by molar-refractivity contribution is 0.778. The van der Waals surface area contributed by atoms with Gasteiger partial charge in [-0.25, -0.2) is 4.98 Å². The summed E-state index contributed by atoms with van der Waals surface area (Å²) in [6, 6.07) is 0. The van der Waals surface area contributed by atoms with Crippen molar-refractivity contribution in [1.29, 1.82) is 0 Å². The van der Waals surface area contributed by atoms with Gasteiger partial charge < -0.3 is 4.90 Å². The molecule has 0 unspecified atom stereocenters. The van der Waals surface area contributed by atoms with Crippen LogP contribution in [0.5, 0.6) is 0 Å². The zero-order chi connectivity index (χ0) is 9.52. The minimum atomic E-state index is 0.691. The lowest BCUT2D eigenvalue weighted by atomic mass is 10.4. The molecule has 0 atom stereocenters. The third-order valence-corrected chi connectivity index (χ3v) is 2.08. The summed E-state index contributed by atoms with van der Waals surface area (Å²) in [5, 5.41) is 0. The molecule has 1 rings (SSSR count). The maximum absolute atomic E-state index is 5.63. The van der Waals surface area contributed by atoms with Crippen LogP contribution < -0.4 is 4.90 Å². The maximum Gasteiger partial charge on any atom is 0.147 e. The first-order chi connectivity index (χ1) is 6.38. The second-order valence-electron chi connectivity index (χ2n) is 2.69. The van der Waals surface area contributed by atoms with E-state index in [1.807, 2.05) is 0 Å². The third kappa shape index (κ3) is 3.19. The van der Waals surface area contributed by atoms with Gasteiger partial charge in [0, 0.05) is 31.4 Å². The van der Waals surface area contributed by atoms with Gasteiger partial charge in [-0.2, -0.15) is 0 Å². The summed E-state index contributed by atoms with van der Waals surface area (Å²) in [6.45, 7) is 3.98. The van der Waals surface area contributed by atoms with Crippen LogP contribution in [0.2, 0.25) is 0 Å². The fourth-order valence-corrected chi connectivity index (χ4v) is 1.26. The van der Waals surface area contributed by atoms with E-state index in [2.05, 4.69) is 21.8 Å². The Morgan fingerprint density at radius 3 is 2.85 bits per heavy atom. The number of hydrogen-bond acceptors (Lipinski definition) is 3. The van der Waals surface area contributed by atoms with E-state index in [0.29, 0.717) is 5.88 Å². The van der Waals surface area contributed by atoms with Crippen molar-refractivity contribution in [2.45, 2.75) is 13.3 Å². The van der Waals surface area contributed by atoms with Crippen molar-refractivity contribution >= 4 is 17.4 Å². The molecule has 0 saturated carbocycles. The number of hydrogen-bond donors (Lipinski definition) is 0. The first-order valence-corrected chi connectivity index (χ1v) is 4.99. The molecule has 0 fully saturated rings. The number of aromatic nitrogens is 2. The molecule has 0 aliphatic carbocycles. The smallest absolute Gasteiger partial charge is 0.147 e. The van der Waals surface area contributed by atoms with Crippen LogP contribution in [0.15, 0.2) is 18.6 Å². The van der Waals surface area contributed by atoms with E-state index < -0.39 is 0 Å². The van der Waals surface area contributed by atoms with E-state index in [4.69, 9.17) is 11.6 Å². The van der Waals surface area contributed by atoms with Gasteiger partial charge in [0.25, 0.3) is 0 Å². The van der Waals surface area contributed by atoms with E-state index >= 15 is 0 Å². The molecule has 0 bridgehead atoms. The second kappa shape index (κ2) is 5.75. The van der Waals surface area contributed by atoms with Gasteiger partial charge >= 0.3 is 0 Å². The zero-order valence-electron chi connectivity index (χ0n) is 7.78. The Kier molecular flexibility index (Phi) is 4.54. The highest BCUT2D eigenvalue weighted by atomic mass is 35.5. The fourth-order valence-electron chi connectivity index (χ4n) is 1.14. The Morgan fingerprint density at radius 2 is 2.31 bits per heavy atom. The van der Waals surface area contributed by atoms with Crippen molar-refractivity contribution in [1.82, 2.24) is 9.97 Å². The van der Waals surface area contributed by atoms with Crippen LogP contribution in [0, 0.1) is 0 Å². The number of alkyl halides is 1. The van der Waals surface area contributed by atoms with E-state index in [-0.39, 0.29) is 0 Å². The number of halogens is 1. The van der Waals surface area contributed by atoms with Crippen LogP contribution in [0.3, 0.4) is 0 Å². The monoisotopic (exact) mass is 199 g/mol. The average Bonchev–Trinajstić information content (AvgIpc) is 2.21. The third-order valence-electron chi connectivity index (χ3n) is 1.82. The molecule has 0 N–H and O–H groups in total. The molecule has 1 aromatic rings. The molecule has 0 saturated heterocycles. The van der Waals surface area contributed by atoms with Gasteiger partial charge in [0.15, 0.2) is 0 Å². The Labute approximate surface area is 83.8 Å². The van der Waals surface area contributed by atoms with Gasteiger partial charge in [-0.05, 0) is 13.3 Å². The lowest BCUT2D eigenvalue weighted by Crippen LogP contribution is -2.25. The molecule has 0 aliphatic rings. The summed E-state index contributed by atoms with van der Waals surface area (Å²) in [4.78, 5) is 10.4. The van der Waals surface area contributed by atoms with E-state index in [1.54, 1.807) is 18.6 Å². The van der Waals surface area contributed by atoms with Crippen molar-refractivity contribution in [2.75, 3.05) is 23.9 Å². The molecule has 3 nitrogen and oxygen atoms in total. The molecule has 72 valence electrons. The van der Waals surface area contributed by atoms with Gasteiger partial charge in [-0.3, -0.25) is 4.98 Å². The van der Waals surface area contributed by atoms with E-state index in [9.17, 15) is 0 Å². The summed E-state index contributed by atoms with van der Waals surface area (Å²) in [5.41, 5.74) is 0. The summed E-state index contributed by atoms with van der Waals surface area (Å²) in [6.07, 6.45) is 6.14. The highest BCUT2D eigenvalue weighted by Crippen LogP contribution is 2.07. The predicted octanol–water partition coefficient (Wildman–Crippen LogP) is 1.93. The summed E-state index contributed by atoms with van der Waals surface area (Å²) >= 11 is 5.63. The molecular weight excluding hydrogens is 186 g/mol. The predicted molar refractivity (Wildman–Crippen MR) is 55.3 cm³/mol. The van der Waals surface area contributed by atoms with Crippen LogP contribution in [-0.2, 0) is 0 Å². The average molecular weight is 200 g/mol. The van der Waals surface area contributed by atoms with Crippen LogP contribution in [0.25, 0.3) is 0 Å². The number of anilines is 1. The molecule has 13 heavy (non-hydrogen) atoms. The van der Waals surface area contributed by atoms with Gasteiger partial charge in [0.1, 0.15) is 5.82 Å². The molecule has 0 spiro atoms. The Bertz CT molecular complexity index is 228. The van der Waals surface area contributed by atoms with Crippen LogP contribution in [-0.4, -0.2) is 28.9 Å².